The van der Waals surface area contributed by atoms with E-state index in [-0.39, 0.29) is 17.7 Å². The molecule has 0 aliphatic rings. The Morgan fingerprint density at radius 3 is 2.03 bits per heavy atom. The number of nitrogens with zero attached hydrogens (tertiary/aromatic N) is 1. The summed E-state index contributed by atoms with van der Waals surface area (Å²) < 4.78 is 2.11. The first-order valence-electron chi connectivity index (χ1n) is 9.75. The highest BCUT2D eigenvalue weighted by molar-refractivity contribution is 6.05. The fourth-order valence-corrected chi connectivity index (χ4v) is 3.30. The lowest BCUT2D eigenvalue weighted by atomic mass is 10.2. The molecule has 3 aromatic rings. The quantitative estimate of drug-likeness (QED) is 0.626. The summed E-state index contributed by atoms with van der Waals surface area (Å²) in [5, 5.41) is 5.79. The second-order valence-electron chi connectivity index (χ2n) is 7.58. The summed E-state index contributed by atoms with van der Waals surface area (Å²) >= 11 is 0. The topological polar surface area (TPSA) is 63.1 Å². The highest BCUT2D eigenvalue weighted by Gasteiger charge is 2.17. The number of aryl methyl sites for hydroxylation is 2. The Balaban J connectivity index is 1.79. The molecule has 0 radical (unpaired) electrons. The SMILES string of the molecule is Cc1ccccc1-n1c(C)cc(C(=O)Nc2ccc(NC(=O)C(C)C)cc2)c1C. The molecule has 150 valence electrons. The van der Waals surface area contributed by atoms with Crippen LogP contribution in [0.2, 0.25) is 0 Å². The van der Waals surface area contributed by atoms with Crippen LogP contribution in [0.5, 0.6) is 0 Å². The van der Waals surface area contributed by atoms with E-state index in [0.717, 1.165) is 22.6 Å². The monoisotopic (exact) mass is 389 g/mol. The first-order valence-corrected chi connectivity index (χ1v) is 9.75. The molecule has 0 saturated heterocycles. The van der Waals surface area contributed by atoms with Gasteiger partial charge in [0, 0.05) is 34.4 Å². The number of hydrogen-bond acceptors (Lipinski definition) is 2. The van der Waals surface area contributed by atoms with Crippen molar-refractivity contribution in [3.8, 4) is 5.69 Å². The molecule has 0 unspecified atom stereocenters. The van der Waals surface area contributed by atoms with Crippen molar-refractivity contribution in [1.82, 2.24) is 4.57 Å². The fourth-order valence-electron chi connectivity index (χ4n) is 3.30. The number of carbonyl (C=O) groups excluding carboxylic acids is 2. The largest absolute Gasteiger partial charge is 0.326 e. The van der Waals surface area contributed by atoms with Crippen molar-refractivity contribution in [2.45, 2.75) is 34.6 Å². The number of carbonyl (C=O) groups is 2. The number of rotatable bonds is 5. The Labute approximate surface area is 171 Å². The average molecular weight is 389 g/mol. The van der Waals surface area contributed by atoms with Crippen LogP contribution >= 0.6 is 0 Å². The molecule has 5 heteroatoms. The minimum atomic E-state index is -0.156. The maximum Gasteiger partial charge on any atom is 0.257 e. The van der Waals surface area contributed by atoms with Crippen molar-refractivity contribution in [2.24, 2.45) is 5.92 Å². The molecule has 2 aromatic carbocycles. The predicted molar refractivity (Wildman–Crippen MR) is 118 cm³/mol. The highest BCUT2D eigenvalue weighted by Crippen LogP contribution is 2.24. The van der Waals surface area contributed by atoms with Gasteiger partial charge in [-0.05, 0) is 62.7 Å². The summed E-state index contributed by atoms with van der Waals surface area (Å²) in [4.78, 5) is 24.7. The van der Waals surface area contributed by atoms with Crippen LogP contribution in [-0.2, 0) is 4.79 Å². The number of anilines is 2. The van der Waals surface area contributed by atoms with Gasteiger partial charge in [-0.25, -0.2) is 0 Å². The van der Waals surface area contributed by atoms with Gasteiger partial charge in [-0.1, -0.05) is 32.0 Å². The fraction of sp³-hybridized carbons (Fsp3) is 0.250. The summed E-state index contributed by atoms with van der Waals surface area (Å²) in [5.74, 6) is -0.278. The second-order valence-corrected chi connectivity index (χ2v) is 7.58. The average Bonchev–Trinajstić information content (AvgIpc) is 2.98. The van der Waals surface area contributed by atoms with Gasteiger partial charge in [-0.15, -0.1) is 0 Å². The summed E-state index contributed by atoms with van der Waals surface area (Å²) in [6.45, 7) is 9.71. The molecule has 0 bridgehead atoms. The third-order valence-electron chi connectivity index (χ3n) is 4.97. The van der Waals surface area contributed by atoms with E-state index in [1.165, 1.54) is 0 Å². The van der Waals surface area contributed by atoms with Crippen LogP contribution in [0.3, 0.4) is 0 Å². The minimum absolute atomic E-state index is 0.0366. The highest BCUT2D eigenvalue weighted by atomic mass is 16.2. The van der Waals surface area contributed by atoms with E-state index in [2.05, 4.69) is 34.3 Å². The number of benzene rings is 2. The molecular weight excluding hydrogens is 362 g/mol. The van der Waals surface area contributed by atoms with Crippen molar-refractivity contribution in [3.05, 3.63) is 77.1 Å². The Hall–Kier alpha value is -3.34. The van der Waals surface area contributed by atoms with Crippen LogP contribution in [0, 0.1) is 26.7 Å². The first kappa shape index (κ1) is 20.4. The van der Waals surface area contributed by atoms with E-state index in [1.807, 2.05) is 45.9 Å². The van der Waals surface area contributed by atoms with Crippen LogP contribution in [0.1, 0.15) is 41.2 Å². The normalized spacial score (nSPS) is 10.8. The third-order valence-corrected chi connectivity index (χ3v) is 4.97. The molecule has 0 atom stereocenters. The molecule has 5 nitrogen and oxygen atoms in total. The lowest BCUT2D eigenvalue weighted by Gasteiger charge is -2.13. The lowest BCUT2D eigenvalue weighted by molar-refractivity contribution is -0.118. The molecule has 0 saturated carbocycles. The zero-order valence-electron chi connectivity index (χ0n) is 17.5. The predicted octanol–water partition coefficient (Wildman–Crippen LogP) is 5.25. The molecule has 0 spiro atoms. The number of aromatic nitrogens is 1. The van der Waals surface area contributed by atoms with Gasteiger partial charge in [0.25, 0.3) is 5.91 Å². The van der Waals surface area contributed by atoms with Crippen molar-refractivity contribution in [1.29, 1.82) is 0 Å². The number of amides is 2. The second kappa shape index (κ2) is 8.35. The van der Waals surface area contributed by atoms with E-state index in [0.29, 0.717) is 16.9 Å². The molecule has 0 aliphatic heterocycles. The van der Waals surface area contributed by atoms with Crippen molar-refractivity contribution in [3.63, 3.8) is 0 Å². The maximum absolute atomic E-state index is 12.9. The molecule has 2 amide bonds. The van der Waals surface area contributed by atoms with Gasteiger partial charge >= 0.3 is 0 Å². The van der Waals surface area contributed by atoms with Gasteiger partial charge in [0.2, 0.25) is 5.91 Å². The van der Waals surface area contributed by atoms with Gasteiger partial charge in [-0.2, -0.15) is 0 Å². The van der Waals surface area contributed by atoms with Gasteiger partial charge in [-0.3, -0.25) is 9.59 Å². The van der Waals surface area contributed by atoms with Gasteiger partial charge in [0.1, 0.15) is 0 Å². The number of hydrogen-bond donors (Lipinski definition) is 2. The molecule has 29 heavy (non-hydrogen) atoms. The van der Waals surface area contributed by atoms with Crippen LogP contribution in [0.4, 0.5) is 11.4 Å². The molecule has 2 N–H and O–H groups in total. The van der Waals surface area contributed by atoms with Crippen LogP contribution in [0.15, 0.2) is 54.6 Å². The maximum atomic E-state index is 12.9. The van der Waals surface area contributed by atoms with E-state index >= 15 is 0 Å². The third kappa shape index (κ3) is 4.40. The Kier molecular flexibility index (Phi) is 5.87. The minimum Gasteiger partial charge on any atom is -0.326 e. The van der Waals surface area contributed by atoms with Gasteiger partial charge < -0.3 is 15.2 Å². The van der Waals surface area contributed by atoms with Crippen LogP contribution < -0.4 is 10.6 Å². The van der Waals surface area contributed by atoms with Gasteiger partial charge in [0.05, 0.1) is 5.56 Å². The smallest absolute Gasteiger partial charge is 0.257 e. The zero-order valence-corrected chi connectivity index (χ0v) is 17.5. The number of nitrogens with one attached hydrogen (secondary N) is 2. The standard InChI is InChI=1S/C24H27N3O2/c1-15(2)23(28)25-19-10-12-20(13-11-19)26-24(29)21-14-17(4)27(18(21)5)22-9-7-6-8-16(22)3/h6-15H,1-5H3,(H,25,28)(H,26,29). The summed E-state index contributed by atoms with van der Waals surface area (Å²) in [6, 6.07) is 17.2. The molecule has 1 aromatic heterocycles. The van der Waals surface area contributed by atoms with Crippen molar-refractivity contribution in [2.75, 3.05) is 10.6 Å². The molecule has 0 aliphatic carbocycles. The van der Waals surface area contributed by atoms with Gasteiger partial charge in [0.15, 0.2) is 0 Å². The molecule has 1 heterocycles. The molecule has 3 rings (SSSR count). The van der Waals surface area contributed by atoms with E-state index < -0.39 is 0 Å². The molecular formula is C24H27N3O2. The van der Waals surface area contributed by atoms with E-state index in [4.69, 9.17) is 0 Å². The van der Waals surface area contributed by atoms with E-state index in [1.54, 1.807) is 24.3 Å². The Morgan fingerprint density at radius 1 is 0.862 bits per heavy atom. The van der Waals surface area contributed by atoms with Crippen molar-refractivity contribution >= 4 is 23.2 Å². The van der Waals surface area contributed by atoms with E-state index in [9.17, 15) is 9.59 Å². The Bertz CT molecular complexity index is 1050. The Morgan fingerprint density at radius 2 is 1.45 bits per heavy atom. The summed E-state index contributed by atoms with van der Waals surface area (Å²) in [6.07, 6.45) is 0. The van der Waals surface area contributed by atoms with Crippen molar-refractivity contribution < 1.29 is 9.59 Å². The summed E-state index contributed by atoms with van der Waals surface area (Å²) in [5.41, 5.74) is 6.16. The first-order chi connectivity index (χ1) is 13.8. The number of para-hydroxylation sites is 1. The zero-order chi connectivity index (χ0) is 21.1. The molecule has 0 fully saturated rings. The summed E-state index contributed by atoms with van der Waals surface area (Å²) in [7, 11) is 0. The van der Waals surface area contributed by atoms with Crippen LogP contribution in [0.25, 0.3) is 5.69 Å². The van der Waals surface area contributed by atoms with Crippen LogP contribution in [-0.4, -0.2) is 16.4 Å². The lowest BCUT2D eigenvalue weighted by Crippen LogP contribution is -2.17.